The molecule has 0 aliphatic heterocycles. The Balaban J connectivity index is 1.73. The minimum absolute atomic E-state index is 0.179. The summed E-state index contributed by atoms with van der Waals surface area (Å²) in [4.78, 5) is 3.71. The van der Waals surface area contributed by atoms with Gasteiger partial charge in [-0.15, -0.1) is 0 Å². The Bertz CT molecular complexity index is 1140. The fraction of sp³-hybridized carbons (Fsp3) is 0.182. The van der Waals surface area contributed by atoms with Crippen LogP contribution >= 0.6 is 45.8 Å². The number of benzene rings is 2. The molecule has 1 heterocycles. The van der Waals surface area contributed by atoms with Crippen LogP contribution in [-0.2, 0) is 12.8 Å². The van der Waals surface area contributed by atoms with Crippen LogP contribution in [0.25, 0.3) is 0 Å². The molecule has 11 heteroatoms. The zero-order valence-electron chi connectivity index (χ0n) is 17.1. The lowest BCUT2D eigenvalue weighted by Crippen LogP contribution is -2.05. The maximum atomic E-state index is 12.6. The molecule has 0 aliphatic carbocycles. The van der Waals surface area contributed by atoms with E-state index < -0.39 is 11.7 Å². The molecule has 0 unspecified atom stereocenters. The molecule has 0 amide bonds. The molecular formula is C22H17Cl2F3IN3O2. The van der Waals surface area contributed by atoms with Crippen LogP contribution in [0.4, 0.5) is 19.0 Å². The molecule has 3 rings (SSSR count). The van der Waals surface area contributed by atoms with Gasteiger partial charge in [-0.1, -0.05) is 29.3 Å². The highest BCUT2D eigenvalue weighted by Gasteiger charge is 2.30. The number of hydrogen-bond donors (Lipinski definition) is 1. The van der Waals surface area contributed by atoms with E-state index in [1.807, 2.05) is 13.0 Å². The number of hydrazone groups is 1. The number of rotatable bonds is 8. The van der Waals surface area contributed by atoms with Crippen LogP contribution in [0.5, 0.6) is 11.5 Å². The standard InChI is InChI=1S/C22H17Cl2F3IN3O2/c1-2-32-19-8-13(10-30-31-20-6-4-15(11-29-20)22(25,26)27)7-18(28)21(19)33-12-14-3-5-16(23)9-17(14)24/h3-11H,2,12H2,1H3,(H,29,31)/b30-10-. The molecule has 0 bridgehead atoms. The lowest BCUT2D eigenvalue weighted by Gasteiger charge is -2.15. The van der Waals surface area contributed by atoms with Crippen LogP contribution in [0.3, 0.4) is 0 Å². The van der Waals surface area contributed by atoms with Gasteiger partial charge in [0.25, 0.3) is 0 Å². The van der Waals surface area contributed by atoms with Crippen LogP contribution in [0.15, 0.2) is 53.8 Å². The zero-order valence-corrected chi connectivity index (χ0v) is 20.8. The predicted molar refractivity (Wildman–Crippen MR) is 132 cm³/mol. The van der Waals surface area contributed by atoms with E-state index in [0.29, 0.717) is 33.7 Å². The summed E-state index contributed by atoms with van der Waals surface area (Å²) in [5, 5.41) is 5.08. The van der Waals surface area contributed by atoms with E-state index in [4.69, 9.17) is 32.7 Å². The van der Waals surface area contributed by atoms with E-state index in [1.54, 1.807) is 24.3 Å². The fourth-order valence-corrected chi connectivity index (χ4v) is 3.90. The van der Waals surface area contributed by atoms with Crippen molar-refractivity contribution in [2.24, 2.45) is 5.10 Å². The van der Waals surface area contributed by atoms with Crippen LogP contribution in [-0.4, -0.2) is 17.8 Å². The second-order valence-corrected chi connectivity index (χ2v) is 8.59. The van der Waals surface area contributed by atoms with Gasteiger partial charge < -0.3 is 9.47 Å². The van der Waals surface area contributed by atoms with E-state index in [1.165, 1.54) is 12.3 Å². The number of hydrogen-bond acceptors (Lipinski definition) is 5. The molecule has 1 N–H and O–H groups in total. The van der Waals surface area contributed by atoms with Crippen LogP contribution in [0.1, 0.15) is 23.6 Å². The highest BCUT2D eigenvalue weighted by atomic mass is 127. The summed E-state index contributed by atoms with van der Waals surface area (Å²) in [6.45, 7) is 2.49. The zero-order chi connectivity index (χ0) is 24.0. The lowest BCUT2D eigenvalue weighted by molar-refractivity contribution is -0.137. The van der Waals surface area contributed by atoms with Gasteiger partial charge >= 0.3 is 6.18 Å². The summed E-state index contributed by atoms with van der Waals surface area (Å²) in [5.74, 6) is 1.25. The second kappa shape index (κ2) is 11.3. The van der Waals surface area contributed by atoms with Crippen molar-refractivity contribution in [3.8, 4) is 11.5 Å². The fourth-order valence-electron chi connectivity index (χ4n) is 2.65. The van der Waals surface area contributed by atoms with Crippen molar-refractivity contribution < 1.29 is 22.6 Å². The predicted octanol–water partition coefficient (Wildman–Crippen LogP) is 7.44. The number of pyridine rings is 1. The highest BCUT2D eigenvalue weighted by molar-refractivity contribution is 14.1. The van der Waals surface area contributed by atoms with E-state index in [-0.39, 0.29) is 12.4 Å². The normalized spacial score (nSPS) is 11.6. The first kappa shape index (κ1) is 25.4. The van der Waals surface area contributed by atoms with Crippen LogP contribution in [0, 0.1) is 3.57 Å². The van der Waals surface area contributed by atoms with Crippen molar-refractivity contribution in [2.45, 2.75) is 19.7 Å². The van der Waals surface area contributed by atoms with Crippen molar-refractivity contribution in [3.63, 3.8) is 0 Å². The van der Waals surface area contributed by atoms with Crippen LogP contribution < -0.4 is 14.9 Å². The third-order valence-corrected chi connectivity index (χ3v) is 5.59. The van der Waals surface area contributed by atoms with Crippen molar-refractivity contribution in [3.05, 3.63) is 79.0 Å². The van der Waals surface area contributed by atoms with Crippen LogP contribution in [0.2, 0.25) is 10.0 Å². The number of nitrogens with zero attached hydrogens (tertiary/aromatic N) is 2. The number of alkyl halides is 3. The van der Waals surface area contributed by atoms with E-state index in [0.717, 1.165) is 21.4 Å². The molecule has 1 aromatic heterocycles. The Hall–Kier alpha value is -2.24. The molecule has 0 aliphatic rings. The molecule has 0 saturated heterocycles. The third-order valence-electron chi connectivity index (χ3n) is 4.20. The highest BCUT2D eigenvalue weighted by Crippen LogP contribution is 2.35. The van der Waals surface area contributed by atoms with Crippen molar-refractivity contribution in [2.75, 3.05) is 12.0 Å². The molecular weight excluding hydrogens is 593 g/mol. The first-order valence-electron chi connectivity index (χ1n) is 9.52. The first-order valence-corrected chi connectivity index (χ1v) is 11.4. The Morgan fingerprint density at radius 3 is 2.55 bits per heavy atom. The van der Waals surface area contributed by atoms with Gasteiger partial charge in [-0.05, 0) is 71.5 Å². The minimum Gasteiger partial charge on any atom is -0.490 e. The van der Waals surface area contributed by atoms with Gasteiger partial charge in [0.15, 0.2) is 11.5 Å². The molecule has 0 atom stereocenters. The van der Waals surface area contributed by atoms with Gasteiger partial charge in [0.2, 0.25) is 0 Å². The van der Waals surface area contributed by atoms with Crippen molar-refractivity contribution >= 4 is 57.8 Å². The Morgan fingerprint density at radius 1 is 1.12 bits per heavy atom. The summed E-state index contributed by atoms with van der Waals surface area (Å²) >= 11 is 14.3. The largest absolute Gasteiger partial charge is 0.490 e. The minimum atomic E-state index is -4.44. The number of halogens is 6. The van der Waals surface area contributed by atoms with Gasteiger partial charge in [-0.25, -0.2) is 4.98 Å². The molecule has 2 aromatic carbocycles. The van der Waals surface area contributed by atoms with Gasteiger partial charge in [0.1, 0.15) is 12.4 Å². The summed E-state index contributed by atoms with van der Waals surface area (Å²) in [5.41, 5.74) is 3.25. The number of nitrogens with one attached hydrogen (secondary N) is 1. The van der Waals surface area contributed by atoms with Crippen molar-refractivity contribution in [1.82, 2.24) is 4.98 Å². The molecule has 0 radical (unpaired) electrons. The SMILES string of the molecule is CCOc1cc(/C=N\Nc2ccc(C(F)(F)F)cn2)cc(I)c1OCc1ccc(Cl)cc1Cl. The number of ether oxygens (including phenoxy) is 2. The maximum Gasteiger partial charge on any atom is 0.417 e. The molecule has 0 spiro atoms. The topological polar surface area (TPSA) is 55.7 Å². The third kappa shape index (κ3) is 7.12. The summed E-state index contributed by atoms with van der Waals surface area (Å²) < 4.78 is 50.3. The molecule has 5 nitrogen and oxygen atoms in total. The average Bonchev–Trinajstić information content (AvgIpc) is 2.74. The number of anilines is 1. The summed E-state index contributed by atoms with van der Waals surface area (Å²) in [6, 6.07) is 10.9. The molecule has 0 fully saturated rings. The second-order valence-electron chi connectivity index (χ2n) is 6.59. The Morgan fingerprint density at radius 2 is 1.91 bits per heavy atom. The lowest BCUT2D eigenvalue weighted by atomic mass is 10.2. The average molecular weight is 610 g/mol. The molecule has 0 saturated carbocycles. The molecule has 174 valence electrons. The maximum absolute atomic E-state index is 12.6. The Kier molecular flexibility index (Phi) is 8.66. The molecule has 33 heavy (non-hydrogen) atoms. The van der Waals surface area contributed by atoms with Crippen molar-refractivity contribution in [1.29, 1.82) is 0 Å². The van der Waals surface area contributed by atoms with E-state index in [9.17, 15) is 13.2 Å². The summed E-state index contributed by atoms with van der Waals surface area (Å²) in [6.07, 6.45) is -2.19. The molecule has 3 aromatic rings. The van der Waals surface area contributed by atoms with E-state index in [2.05, 4.69) is 38.1 Å². The van der Waals surface area contributed by atoms with Gasteiger partial charge in [-0.3, -0.25) is 5.43 Å². The quantitative estimate of drug-likeness (QED) is 0.164. The van der Waals surface area contributed by atoms with Gasteiger partial charge in [0, 0.05) is 21.8 Å². The summed E-state index contributed by atoms with van der Waals surface area (Å²) in [7, 11) is 0. The van der Waals surface area contributed by atoms with Gasteiger partial charge in [-0.2, -0.15) is 18.3 Å². The first-order chi connectivity index (χ1) is 15.7. The monoisotopic (exact) mass is 609 g/mol. The Labute approximate surface area is 212 Å². The number of aromatic nitrogens is 1. The smallest absolute Gasteiger partial charge is 0.417 e. The van der Waals surface area contributed by atoms with Gasteiger partial charge in [0.05, 0.1) is 22.0 Å². The van der Waals surface area contributed by atoms with E-state index >= 15 is 0 Å².